The Morgan fingerprint density at radius 1 is 1.11 bits per heavy atom. The second kappa shape index (κ2) is 5.26. The number of aliphatic hydroxyl groups excluding tert-OH is 1. The number of benzene rings is 1. The third kappa shape index (κ3) is 3.01. The summed E-state index contributed by atoms with van der Waals surface area (Å²) in [7, 11) is -3.63. The first-order chi connectivity index (χ1) is 8.49. The van der Waals surface area contributed by atoms with E-state index < -0.39 is 22.2 Å². The number of aliphatic hydroxyl groups is 1. The van der Waals surface area contributed by atoms with Gasteiger partial charge in [-0.15, -0.1) is 0 Å². The molecule has 3 N–H and O–H groups in total. The van der Waals surface area contributed by atoms with E-state index in [0.717, 1.165) is 12.8 Å². The molecular weight excluding hydrogens is 254 g/mol. The average Bonchev–Trinajstić information content (AvgIpc) is 2.32. The molecule has 2 rings (SSSR count). The van der Waals surface area contributed by atoms with E-state index in [1.165, 1.54) is 24.3 Å². The lowest BCUT2D eigenvalue weighted by atomic mass is 9.93. The zero-order valence-electron chi connectivity index (χ0n) is 9.91. The van der Waals surface area contributed by atoms with Crippen LogP contribution in [0.5, 0.6) is 5.75 Å². The van der Waals surface area contributed by atoms with Crippen molar-refractivity contribution in [1.82, 2.24) is 4.72 Å². The molecule has 2 unspecified atom stereocenters. The molecule has 100 valence electrons. The Bertz CT molecular complexity index is 497. The van der Waals surface area contributed by atoms with Gasteiger partial charge in [0.25, 0.3) is 0 Å². The number of phenolic OH excluding ortho intramolecular Hbond substituents is 1. The van der Waals surface area contributed by atoms with E-state index in [9.17, 15) is 13.5 Å². The van der Waals surface area contributed by atoms with Crippen molar-refractivity contribution in [2.75, 3.05) is 0 Å². The number of aromatic hydroxyl groups is 1. The van der Waals surface area contributed by atoms with Crippen molar-refractivity contribution in [3.8, 4) is 5.75 Å². The van der Waals surface area contributed by atoms with E-state index in [0.29, 0.717) is 12.8 Å². The van der Waals surface area contributed by atoms with E-state index in [2.05, 4.69) is 4.72 Å². The quantitative estimate of drug-likeness (QED) is 0.764. The maximum atomic E-state index is 12.1. The van der Waals surface area contributed by atoms with Gasteiger partial charge in [-0.1, -0.05) is 12.8 Å². The second-order valence-electron chi connectivity index (χ2n) is 4.57. The van der Waals surface area contributed by atoms with Gasteiger partial charge in [0.15, 0.2) is 0 Å². The molecule has 1 aliphatic carbocycles. The fourth-order valence-electron chi connectivity index (χ4n) is 2.14. The molecule has 1 aromatic carbocycles. The highest BCUT2D eigenvalue weighted by atomic mass is 32.2. The van der Waals surface area contributed by atoms with Crippen molar-refractivity contribution in [2.24, 2.45) is 0 Å². The lowest BCUT2D eigenvalue weighted by Gasteiger charge is -2.28. The second-order valence-corrected chi connectivity index (χ2v) is 6.29. The predicted octanol–water partition coefficient (Wildman–Crippen LogP) is 0.974. The molecule has 1 aromatic rings. The van der Waals surface area contributed by atoms with Crippen molar-refractivity contribution in [3.05, 3.63) is 24.3 Å². The minimum absolute atomic E-state index is 0.0200. The third-order valence-electron chi connectivity index (χ3n) is 3.18. The maximum Gasteiger partial charge on any atom is 0.240 e. The SMILES string of the molecule is O=S(=O)(NC1CCCCC1O)c1ccc(O)cc1. The van der Waals surface area contributed by atoms with Crippen LogP contribution in [0.2, 0.25) is 0 Å². The van der Waals surface area contributed by atoms with Gasteiger partial charge in [-0.3, -0.25) is 0 Å². The van der Waals surface area contributed by atoms with Crippen LogP contribution in [0.15, 0.2) is 29.2 Å². The zero-order chi connectivity index (χ0) is 13.2. The number of sulfonamides is 1. The molecule has 0 bridgehead atoms. The van der Waals surface area contributed by atoms with Crippen LogP contribution in [-0.2, 0) is 10.0 Å². The summed E-state index contributed by atoms with van der Waals surface area (Å²) in [5.41, 5.74) is 0. The van der Waals surface area contributed by atoms with Gasteiger partial charge in [-0.05, 0) is 37.1 Å². The van der Waals surface area contributed by atoms with E-state index in [-0.39, 0.29) is 10.6 Å². The van der Waals surface area contributed by atoms with Crippen molar-refractivity contribution in [3.63, 3.8) is 0 Å². The number of rotatable bonds is 3. The molecule has 0 amide bonds. The molecule has 0 aromatic heterocycles. The fourth-order valence-corrected chi connectivity index (χ4v) is 3.45. The summed E-state index contributed by atoms with van der Waals surface area (Å²) in [6, 6.07) is 4.91. The number of hydrogen-bond acceptors (Lipinski definition) is 4. The lowest BCUT2D eigenvalue weighted by Crippen LogP contribution is -2.44. The molecule has 2 atom stereocenters. The molecule has 0 saturated heterocycles. The van der Waals surface area contributed by atoms with Crippen molar-refractivity contribution >= 4 is 10.0 Å². The van der Waals surface area contributed by atoms with E-state index in [1.54, 1.807) is 0 Å². The first-order valence-electron chi connectivity index (χ1n) is 5.98. The molecule has 0 aliphatic heterocycles. The van der Waals surface area contributed by atoms with Crippen LogP contribution in [0.4, 0.5) is 0 Å². The summed E-state index contributed by atoms with van der Waals surface area (Å²) < 4.78 is 26.6. The largest absolute Gasteiger partial charge is 0.508 e. The Morgan fingerprint density at radius 2 is 1.72 bits per heavy atom. The summed E-state index contributed by atoms with van der Waals surface area (Å²) in [6.45, 7) is 0. The normalized spacial score (nSPS) is 24.9. The highest BCUT2D eigenvalue weighted by Gasteiger charge is 2.27. The molecule has 1 aliphatic rings. The van der Waals surface area contributed by atoms with Gasteiger partial charge >= 0.3 is 0 Å². The topological polar surface area (TPSA) is 86.6 Å². The van der Waals surface area contributed by atoms with E-state index in [4.69, 9.17) is 5.11 Å². The number of nitrogens with one attached hydrogen (secondary N) is 1. The highest BCUT2D eigenvalue weighted by Crippen LogP contribution is 2.21. The molecular formula is C12H17NO4S. The average molecular weight is 271 g/mol. The molecule has 6 heteroatoms. The van der Waals surface area contributed by atoms with E-state index in [1.807, 2.05) is 0 Å². The smallest absolute Gasteiger partial charge is 0.240 e. The first kappa shape index (κ1) is 13.3. The zero-order valence-corrected chi connectivity index (χ0v) is 10.7. The fraction of sp³-hybridized carbons (Fsp3) is 0.500. The van der Waals surface area contributed by atoms with E-state index >= 15 is 0 Å². The summed E-state index contributed by atoms with van der Waals surface area (Å²) in [4.78, 5) is 0.0954. The first-order valence-corrected chi connectivity index (χ1v) is 7.47. The Morgan fingerprint density at radius 3 is 2.33 bits per heavy atom. The van der Waals surface area contributed by atoms with Gasteiger partial charge in [0.2, 0.25) is 10.0 Å². The summed E-state index contributed by atoms with van der Waals surface area (Å²) in [6.07, 6.45) is 2.50. The van der Waals surface area contributed by atoms with Gasteiger partial charge in [0.05, 0.1) is 11.0 Å². The standard InChI is InChI=1S/C12H17NO4S/c14-9-5-7-10(8-6-9)18(16,17)13-11-3-1-2-4-12(11)15/h5-8,11-15H,1-4H2. The van der Waals surface area contributed by atoms with Gasteiger partial charge in [0.1, 0.15) is 5.75 Å². The molecule has 0 heterocycles. The van der Waals surface area contributed by atoms with Crippen LogP contribution in [-0.4, -0.2) is 30.8 Å². The van der Waals surface area contributed by atoms with Crippen LogP contribution in [0, 0.1) is 0 Å². The molecule has 1 saturated carbocycles. The van der Waals surface area contributed by atoms with Crippen LogP contribution < -0.4 is 4.72 Å². The molecule has 18 heavy (non-hydrogen) atoms. The molecule has 5 nitrogen and oxygen atoms in total. The van der Waals surface area contributed by atoms with Crippen LogP contribution in [0.1, 0.15) is 25.7 Å². The van der Waals surface area contributed by atoms with Crippen molar-refractivity contribution in [1.29, 1.82) is 0 Å². The van der Waals surface area contributed by atoms with Gasteiger partial charge in [-0.25, -0.2) is 13.1 Å². The molecule has 1 fully saturated rings. The number of hydrogen-bond donors (Lipinski definition) is 3. The highest BCUT2D eigenvalue weighted by molar-refractivity contribution is 7.89. The molecule has 0 radical (unpaired) electrons. The summed E-state index contributed by atoms with van der Waals surface area (Å²) in [5, 5.41) is 18.9. The minimum atomic E-state index is -3.63. The van der Waals surface area contributed by atoms with Gasteiger partial charge in [-0.2, -0.15) is 0 Å². The Labute approximate surface area is 107 Å². The van der Waals surface area contributed by atoms with Crippen LogP contribution in [0.3, 0.4) is 0 Å². The molecule has 0 spiro atoms. The van der Waals surface area contributed by atoms with Crippen LogP contribution in [0.25, 0.3) is 0 Å². The third-order valence-corrected chi connectivity index (χ3v) is 4.69. The summed E-state index contributed by atoms with van der Waals surface area (Å²) in [5.74, 6) is 0.0200. The van der Waals surface area contributed by atoms with Crippen molar-refractivity contribution < 1.29 is 18.6 Å². The Hall–Kier alpha value is -1.11. The Kier molecular flexibility index (Phi) is 3.89. The van der Waals surface area contributed by atoms with Gasteiger partial charge < -0.3 is 10.2 Å². The van der Waals surface area contributed by atoms with Crippen molar-refractivity contribution in [2.45, 2.75) is 42.7 Å². The minimum Gasteiger partial charge on any atom is -0.508 e. The number of phenols is 1. The predicted molar refractivity (Wildman–Crippen MR) is 66.7 cm³/mol. The Balaban J connectivity index is 2.13. The lowest BCUT2D eigenvalue weighted by molar-refractivity contribution is 0.101. The monoisotopic (exact) mass is 271 g/mol. The summed E-state index contributed by atoms with van der Waals surface area (Å²) >= 11 is 0. The van der Waals surface area contributed by atoms with Crippen LogP contribution >= 0.6 is 0 Å². The maximum absolute atomic E-state index is 12.1. The van der Waals surface area contributed by atoms with Gasteiger partial charge in [0, 0.05) is 6.04 Å².